The van der Waals surface area contributed by atoms with Gasteiger partial charge < -0.3 is 0 Å². The van der Waals surface area contributed by atoms with Gasteiger partial charge >= 0.3 is 0 Å². The highest BCUT2D eigenvalue weighted by Gasteiger charge is 2.03. The molecule has 2 aromatic heterocycles. The Balaban J connectivity index is 2.92. The molecule has 0 aliphatic rings. The topological polar surface area (TPSA) is 43.6 Å². The lowest BCUT2D eigenvalue weighted by molar-refractivity contribution is 0.746. The Morgan fingerprint density at radius 1 is 1.45 bits per heavy atom. The third-order valence-corrected chi connectivity index (χ3v) is 1.82. The molecule has 0 bridgehead atoms. The molecule has 0 spiro atoms. The highest BCUT2D eigenvalue weighted by Crippen LogP contribution is 2.11. The van der Waals surface area contributed by atoms with E-state index in [1.165, 1.54) is 0 Å². The van der Waals surface area contributed by atoms with Crippen molar-refractivity contribution in [3.05, 3.63) is 18.0 Å². The highest BCUT2D eigenvalue weighted by molar-refractivity contribution is 5.76. The van der Waals surface area contributed by atoms with E-state index in [1.807, 2.05) is 20.0 Å². The van der Waals surface area contributed by atoms with E-state index in [-0.39, 0.29) is 0 Å². The molecule has 4 nitrogen and oxygen atoms in total. The fourth-order valence-corrected chi connectivity index (χ4v) is 1.07. The van der Waals surface area contributed by atoms with Gasteiger partial charge in [-0.25, -0.2) is 0 Å². The number of fused-ring (bicyclic) bond motifs is 1. The molecule has 0 N–H and O–H groups in total. The van der Waals surface area contributed by atoms with Crippen LogP contribution in [-0.2, 0) is 7.05 Å². The van der Waals surface area contributed by atoms with Crippen molar-refractivity contribution in [2.24, 2.45) is 7.05 Å². The first kappa shape index (κ1) is 6.27. The zero-order valence-electron chi connectivity index (χ0n) is 6.44. The van der Waals surface area contributed by atoms with Gasteiger partial charge in [0.1, 0.15) is 0 Å². The Kier molecular flexibility index (Phi) is 1.15. The minimum Gasteiger partial charge on any atom is -0.270 e. The summed E-state index contributed by atoms with van der Waals surface area (Å²) in [6, 6.07) is 1.92. The normalized spacial score (nSPS) is 10.7. The van der Waals surface area contributed by atoms with Crippen molar-refractivity contribution in [1.82, 2.24) is 20.0 Å². The third-order valence-electron chi connectivity index (χ3n) is 1.82. The fourth-order valence-electron chi connectivity index (χ4n) is 1.07. The summed E-state index contributed by atoms with van der Waals surface area (Å²) >= 11 is 0. The number of nitrogens with zero attached hydrogens (tertiary/aromatic N) is 4. The van der Waals surface area contributed by atoms with Crippen molar-refractivity contribution >= 4 is 11.0 Å². The quantitative estimate of drug-likeness (QED) is 0.551. The Hall–Kier alpha value is -1.45. The van der Waals surface area contributed by atoms with Crippen LogP contribution < -0.4 is 0 Å². The van der Waals surface area contributed by atoms with Crippen LogP contribution in [0.4, 0.5) is 0 Å². The summed E-state index contributed by atoms with van der Waals surface area (Å²) in [5.74, 6) is 0. The highest BCUT2D eigenvalue weighted by atomic mass is 15.3. The molecule has 0 fully saturated rings. The van der Waals surface area contributed by atoms with Crippen LogP contribution in [0.3, 0.4) is 0 Å². The van der Waals surface area contributed by atoms with Crippen LogP contribution in [0.1, 0.15) is 5.69 Å². The predicted octanol–water partition coefficient (Wildman–Crippen LogP) is 0.672. The molecule has 0 saturated carbocycles. The number of aromatic nitrogens is 4. The van der Waals surface area contributed by atoms with Crippen LogP contribution in [0.25, 0.3) is 11.0 Å². The van der Waals surface area contributed by atoms with Crippen molar-refractivity contribution in [3.8, 4) is 0 Å². The molecule has 4 heteroatoms. The summed E-state index contributed by atoms with van der Waals surface area (Å²) in [7, 11) is 1.90. The monoisotopic (exact) mass is 148 g/mol. The van der Waals surface area contributed by atoms with Gasteiger partial charge in [-0.15, -0.1) is 5.10 Å². The Labute approximate surface area is 63.9 Å². The van der Waals surface area contributed by atoms with E-state index in [4.69, 9.17) is 0 Å². The minimum absolute atomic E-state index is 0.715. The summed E-state index contributed by atoms with van der Waals surface area (Å²) in [6.45, 7) is 2.01. The zero-order valence-corrected chi connectivity index (χ0v) is 6.44. The van der Waals surface area contributed by atoms with Gasteiger partial charge in [0.2, 0.25) is 5.65 Å². The molecule has 2 aromatic rings. The van der Waals surface area contributed by atoms with Gasteiger partial charge in [0.05, 0.1) is 6.20 Å². The average molecular weight is 148 g/mol. The maximum absolute atomic E-state index is 4.16. The summed E-state index contributed by atoms with van der Waals surface area (Å²) in [5, 5.41) is 12.8. The van der Waals surface area contributed by atoms with E-state index in [0.717, 1.165) is 11.1 Å². The first-order chi connectivity index (χ1) is 5.29. The largest absolute Gasteiger partial charge is 0.270 e. The molecule has 11 heavy (non-hydrogen) atoms. The van der Waals surface area contributed by atoms with Crippen molar-refractivity contribution in [3.63, 3.8) is 0 Å². The van der Waals surface area contributed by atoms with Gasteiger partial charge in [0.15, 0.2) is 0 Å². The van der Waals surface area contributed by atoms with Crippen LogP contribution in [0.15, 0.2) is 12.3 Å². The molecule has 0 aliphatic carbocycles. The molecule has 0 atom stereocenters. The number of aryl methyl sites for hydroxylation is 2. The SMILES string of the molecule is Cc1c2ccnnc2nn1C. The minimum atomic E-state index is 0.715. The first-order valence-electron chi connectivity index (χ1n) is 3.40. The molecule has 0 unspecified atom stereocenters. The second kappa shape index (κ2) is 2.02. The molecule has 2 rings (SSSR count). The van der Waals surface area contributed by atoms with Gasteiger partial charge in [-0.1, -0.05) is 0 Å². The van der Waals surface area contributed by atoms with Crippen molar-refractivity contribution < 1.29 is 0 Å². The van der Waals surface area contributed by atoms with Gasteiger partial charge in [0, 0.05) is 18.1 Å². The van der Waals surface area contributed by atoms with Gasteiger partial charge in [0.25, 0.3) is 0 Å². The maximum atomic E-state index is 4.16. The number of hydrogen-bond acceptors (Lipinski definition) is 3. The summed E-state index contributed by atoms with van der Waals surface area (Å²) in [6.07, 6.45) is 1.68. The summed E-state index contributed by atoms with van der Waals surface area (Å²) in [5.41, 5.74) is 1.84. The number of rotatable bonds is 0. The second-order valence-corrected chi connectivity index (χ2v) is 2.48. The lowest BCUT2D eigenvalue weighted by Crippen LogP contribution is -1.91. The Morgan fingerprint density at radius 3 is 3.00 bits per heavy atom. The molecule has 56 valence electrons. The Morgan fingerprint density at radius 2 is 2.27 bits per heavy atom. The molecule has 0 amide bonds. The van der Waals surface area contributed by atoms with E-state index >= 15 is 0 Å². The molecule has 2 heterocycles. The van der Waals surface area contributed by atoms with Crippen LogP contribution in [0.2, 0.25) is 0 Å². The lowest BCUT2D eigenvalue weighted by atomic mass is 10.3. The molecular formula is C7H8N4. The summed E-state index contributed by atoms with van der Waals surface area (Å²) in [4.78, 5) is 0. The zero-order chi connectivity index (χ0) is 7.84. The van der Waals surface area contributed by atoms with Gasteiger partial charge in [-0.3, -0.25) is 4.68 Å². The van der Waals surface area contributed by atoms with Crippen molar-refractivity contribution in [1.29, 1.82) is 0 Å². The van der Waals surface area contributed by atoms with Crippen LogP contribution in [-0.4, -0.2) is 20.0 Å². The van der Waals surface area contributed by atoms with Gasteiger partial charge in [-0.05, 0) is 13.0 Å². The smallest absolute Gasteiger partial charge is 0.203 e. The lowest BCUT2D eigenvalue weighted by Gasteiger charge is -1.89. The summed E-state index contributed by atoms with van der Waals surface area (Å²) < 4.78 is 1.80. The first-order valence-corrected chi connectivity index (χ1v) is 3.40. The number of hydrogen-bond donors (Lipinski definition) is 0. The molecule has 0 radical (unpaired) electrons. The Bertz CT molecular complexity index is 390. The van der Waals surface area contributed by atoms with E-state index in [1.54, 1.807) is 10.9 Å². The van der Waals surface area contributed by atoms with Crippen LogP contribution >= 0.6 is 0 Å². The standard InChI is InChI=1S/C7H8N4/c1-5-6-3-4-8-9-7(6)10-11(5)2/h3-4H,1-2H3. The second-order valence-electron chi connectivity index (χ2n) is 2.48. The van der Waals surface area contributed by atoms with E-state index < -0.39 is 0 Å². The third kappa shape index (κ3) is 0.790. The predicted molar refractivity (Wildman–Crippen MR) is 41.0 cm³/mol. The van der Waals surface area contributed by atoms with Crippen molar-refractivity contribution in [2.45, 2.75) is 6.92 Å². The molecule has 0 aliphatic heterocycles. The van der Waals surface area contributed by atoms with E-state index in [0.29, 0.717) is 5.65 Å². The van der Waals surface area contributed by atoms with Crippen molar-refractivity contribution in [2.75, 3.05) is 0 Å². The van der Waals surface area contributed by atoms with Crippen LogP contribution in [0.5, 0.6) is 0 Å². The van der Waals surface area contributed by atoms with E-state index in [2.05, 4.69) is 15.3 Å². The molecule has 0 saturated heterocycles. The fraction of sp³-hybridized carbons (Fsp3) is 0.286. The van der Waals surface area contributed by atoms with Crippen LogP contribution in [0, 0.1) is 6.92 Å². The molecular weight excluding hydrogens is 140 g/mol. The van der Waals surface area contributed by atoms with E-state index in [9.17, 15) is 0 Å². The van der Waals surface area contributed by atoms with Gasteiger partial charge in [-0.2, -0.15) is 10.2 Å². The molecule has 0 aromatic carbocycles. The maximum Gasteiger partial charge on any atom is 0.203 e. The average Bonchev–Trinajstić information content (AvgIpc) is 2.30.